The Balaban J connectivity index is 2.35. The first-order chi connectivity index (χ1) is 10.5. The van der Waals surface area contributed by atoms with Crippen molar-refractivity contribution in [2.45, 2.75) is 6.92 Å². The fourth-order valence-electron chi connectivity index (χ4n) is 2.69. The highest BCUT2D eigenvalue weighted by Gasteiger charge is 2.35. The van der Waals surface area contributed by atoms with E-state index in [0.29, 0.717) is 0 Å². The zero-order valence-corrected chi connectivity index (χ0v) is 12.0. The molecule has 0 saturated heterocycles. The van der Waals surface area contributed by atoms with Crippen molar-refractivity contribution >= 4 is 17.3 Å². The average molecular weight is 296 g/mol. The third-order valence-corrected chi connectivity index (χ3v) is 3.75. The van der Waals surface area contributed by atoms with Crippen molar-refractivity contribution in [3.63, 3.8) is 0 Å². The van der Waals surface area contributed by atoms with Crippen molar-refractivity contribution in [2.75, 3.05) is 7.11 Å². The molecule has 1 N–H and O–H groups in total. The van der Waals surface area contributed by atoms with E-state index >= 15 is 0 Å². The minimum Gasteiger partial charge on any atom is -0.506 e. The summed E-state index contributed by atoms with van der Waals surface area (Å²) in [4.78, 5) is 36.8. The second kappa shape index (κ2) is 4.80. The molecule has 22 heavy (non-hydrogen) atoms. The fourth-order valence-corrected chi connectivity index (χ4v) is 2.69. The number of rotatable bonds is 2. The number of ether oxygens (including phenoxy) is 1. The smallest absolute Gasteiger partial charge is 0.202 e. The van der Waals surface area contributed by atoms with Crippen LogP contribution in [0, 0.1) is 0 Å². The molecule has 5 nitrogen and oxygen atoms in total. The van der Waals surface area contributed by atoms with Gasteiger partial charge < -0.3 is 9.84 Å². The zero-order chi connectivity index (χ0) is 16.0. The van der Waals surface area contributed by atoms with Crippen molar-refractivity contribution in [1.82, 2.24) is 0 Å². The Hall–Kier alpha value is -2.95. The number of Topliss-reactive ketones (excluding diaryl/α,β-unsaturated/α-hetero) is 1. The van der Waals surface area contributed by atoms with Gasteiger partial charge in [0.15, 0.2) is 11.6 Å². The van der Waals surface area contributed by atoms with Gasteiger partial charge in [0.25, 0.3) is 0 Å². The van der Waals surface area contributed by atoms with Crippen molar-refractivity contribution in [2.24, 2.45) is 0 Å². The van der Waals surface area contributed by atoms with Crippen LogP contribution in [-0.4, -0.2) is 29.6 Å². The highest BCUT2D eigenvalue weighted by Crippen LogP contribution is 2.38. The lowest BCUT2D eigenvalue weighted by molar-refractivity contribution is 0.0971. The van der Waals surface area contributed by atoms with Crippen LogP contribution in [0.25, 0.3) is 0 Å². The molecule has 0 radical (unpaired) electrons. The maximum atomic E-state index is 12.7. The van der Waals surface area contributed by atoms with Gasteiger partial charge in [-0.05, 0) is 25.1 Å². The lowest BCUT2D eigenvalue weighted by Gasteiger charge is -2.21. The van der Waals surface area contributed by atoms with Crippen LogP contribution in [0.4, 0.5) is 0 Å². The maximum Gasteiger partial charge on any atom is 0.202 e. The Morgan fingerprint density at radius 3 is 2.32 bits per heavy atom. The zero-order valence-electron chi connectivity index (χ0n) is 12.0. The molecule has 1 aliphatic carbocycles. The molecule has 0 saturated carbocycles. The van der Waals surface area contributed by atoms with E-state index in [2.05, 4.69) is 0 Å². The summed E-state index contributed by atoms with van der Waals surface area (Å²) in [6, 6.07) is 7.48. The standard InChI is InChI=1S/C17H12O5/c1-8(18)9-6-7-11-14(16(9)20)17(21)13-10(15(11)19)4-3-5-12(13)22-2/h3-7,20H,1-2H3. The van der Waals surface area contributed by atoms with Gasteiger partial charge in [-0.3, -0.25) is 14.4 Å². The number of fused-ring (bicyclic) bond motifs is 2. The van der Waals surface area contributed by atoms with Gasteiger partial charge in [0.05, 0.1) is 23.8 Å². The van der Waals surface area contributed by atoms with Gasteiger partial charge in [0, 0.05) is 11.1 Å². The van der Waals surface area contributed by atoms with E-state index in [1.54, 1.807) is 12.1 Å². The highest BCUT2D eigenvalue weighted by atomic mass is 16.5. The van der Waals surface area contributed by atoms with E-state index < -0.39 is 11.5 Å². The molecule has 0 fully saturated rings. The Bertz CT molecular complexity index is 848. The summed E-state index contributed by atoms with van der Waals surface area (Å²) in [6.45, 7) is 1.28. The van der Waals surface area contributed by atoms with Crippen LogP contribution in [0.3, 0.4) is 0 Å². The number of hydrogen-bond acceptors (Lipinski definition) is 5. The quantitative estimate of drug-likeness (QED) is 0.734. The van der Waals surface area contributed by atoms with E-state index in [4.69, 9.17) is 4.74 Å². The van der Waals surface area contributed by atoms with Crippen LogP contribution in [-0.2, 0) is 0 Å². The number of carbonyl (C=O) groups is 3. The summed E-state index contributed by atoms with van der Waals surface area (Å²) < 4.78 is 5.14. The van der Waals surface area contributed by atoms with Gasteiger partial charge in [0.1, 0.15) is 11.5 Å². The predicted octanol–water partition coefficient (Wildman–Crippen LogP) is 2.38. The Morgan fingerprint density at radius 1 is 1.00 bits per heavy atom. The lowest BCUT2D eigenvalue weighted by Crippen LogP contribution is -2.22. The third-order valence-electron chi connectivity index (χ3n) is 3.75. The second-order valence-corrected chi connectivity index (χ2v) is 4.98. The summed E-state index contributed by atoms with van der Waals surface area (Å²) in [5, 5.41) is 10.2. The van der Waals surface area contributed by atoms with E-state index in [1.807, 2.05) is 0 Å². The molecule has 0 heterocycles. The molecule has 2 aromatic rings. The molecule has 110 valence electrons. The average Bonchev–Trinajstić information content (AvgIpc) is 2.51. The number of phenolic OH excluding ortho intramolecular Hbond substituents is 1. The first-order valence-electron chi connectivity index (χ1n) is 6.60. The van der Waals surface area contributed by atoms with Crippen molar-refractivity contribution < 1.29 is 24.2 Å². The van der Waals surface area contributed by atoms with E-state index in [1.165, 1.54) is 32.2 Å². The molecule has 0 aliphatic heterocycles. The number of methoxy groups -OCH3 is 1. The minimum absolute atomic E-state index is 0.0123. The Morgan fingerprint density at radius 2 is 1.68 bits per heavy atom. The SMILES string of the molecule is COc1cccc2c1C(=O)c1c(ccc(C(C)=O)c1O)C2=O. The summed E-state index contributed by atoms with van der Waals surface area (Å²) in [7, 11) is 1.40. The van der Waals surface area contributed by atoms with Gasteiger partial charge in [-0.15, -0.1) is 0 Å². The molecular weight excluding hydrogens is 284 g/mol. The summed E-state index contributed by atoms with van der Waals surface area (Å²) >= 11 is 0. The molecule has 3 rings (SSSR count). The van der Waals surface area contributed by atoms with Crippen LogP contribution < -0.4 is 4.74 Å². The normalized spacial score (nSPS) is 12.6. The summed E-state index contributed by atoms with van der Waals surface area (Å²) in [5.41, 5.74) is 0.298. The van der Waals surface area contributed by atoms with Crippen LogP contribution in [0.15, 0.2) is 30.3 Å². The molecule has 0 atom stereocenters. The summed E-state index contributed by atoms with van der Waals surface area (Å²) in [6.07, 6.45) is 0. The minimum atomic E-state index is -0.525. The molecule has 2 aromatic carbocycles. The number of aromatic hydroxyl groups is 1. The molecular formula is C17H12O5. The van der Waals surface area contributed by atoms with Crippen molar-refractivity contribution in [3.05, 3.63) is 58.1 Å². The second-order valence-electron chi connectivity index (χ2n) is 4.98. The predicted molar refractivity (Wildman–Crippen MR) is 78.0 cm³/mol. The first-order valence-corrected chi connectivity index (χ1v) is 6.60. The van der Waals surface area contributed by atoms with Crippen molar-refractivity contribution in [3.8, 4) is 11.5 Å². The Labute approximate surface area is 126 Å². The van der Waals surface area contributed by atoms with Gasteiger partial charge >= 0.3 is 0 Å². The van der Waals surface area contributed by atoms with E-state index in [-0.39, 0.29) is 45.1 Å². The molecule has 1 aliphatic rings. The van der Waals surface area contributed by atoms with Crippen LogP contribution in [0.2, 0.25) is 0 Å². The topological polar surface area (TPSA) is 80.7 Å². The van der Waals surface area contributed by atoms with Gasteiger partial charge in [-0.2, -0.15) is 0 Å². The number of ketones is 3. The molecule has 0 amide bonds. The number of benzene rings is 2. The fraction of sp³-hybridized carbons (Fsp3) is 0.118. The van der Waals surface area contributed by atoms with Gasteiger partial charge in [-0.1, -0.05) is 12.1 Å². The van der Waals surface area contributed by atoms with Gasteiger partial charge in [0.2, 0.25) is 5.78 Å². The number of phenols is 1. The number of hydrogen-bond donors (Lipinski definition) is 1. The molecule has 0 aromatic heterocycles. The van der Waals surface area contributed by atoms with Crippen LogP contribution >= 0.6 is 0 Å². The van der Waals surface area contributed by atoms with Crippen LogP contribution in [0.1, 0.15) is 49.1 Å². The summed E-state index contributed by atoms with van der Waals surface area (Å²) in [5.74, 6) is -1.49. The molecule has 0 unspecified atom stereocenters. The van der Waals surface area contributed by atoms with E-state index in [0.717, 1.165) is 0 Å². The maximum absolute atomic E-state index is 12.7. The third kappa shape index (κ3) is 1.75. The molecule has 5 heteroatoms. The van der Waals surface area contributed by atoms with E-state index in [9.17, 15) is 19.5 Å². The number of carbonyl (C=O) groups excluding carboxylic acids is 3. The van der Waals surface area contributed by atoms with Gasteiger partial charge in [-0.25, -0.2) is 0 Å². The molecule has 0 bridgehead atoms. The highest BCUT2D eigenvalue weighted by molar-refractivity contribution is 6.30. The largest absolute Gasteiger partial charge is 0.506 e. The lowest BCUT2D eigenvalue weighted by atomic mass is 9.82. The molecule has 0 spiro atoms. The monoisotopic (exact) mass is 296 g/mol. The van der Waals surface area contributed by atoms with Crippen LogP contribution in [0.5, 0.6) is 11.5 Å². The Kier molecular flexibility index (Phi) is 3.06. The van der Waals surface area contributed by atoms with Crippen molar-refractivity contribution in [1.29, 1.82) is 0 Å². The first kappa shape index (κ1) is 14.0.